The molecule has 2 aromatic rings. The Morgan fingerprint density at radius 2 is 1.87 bits per heavy atom. The van der Waals surface area contributed by atoms with E-state index in [9.17, 15) is 4.79 Å². The van der Waals surface area contributed by atoms with Crippen LogP contribution in [-0.4, -0.2) is 57.7 Å². The lowest BCUT2D eigenvalue weighted by Gasteiger charge is -2.37. The van der Waals surface area contributed by atoms with Gasteiger partial charge < -0.3 is 9.80 Å². The van der Waals surface area contributed by atoms with E-state index in [2.05, 4.69) is 46.1 Å². The van der Waals surface area contributed by atoms with Gasteiger partial charge in [0.05, 0.1) is 0 Å². The van der Waals surface area contributed by atoms with Crippen molar-refractivity contribution in [2.75, 3.05) is 26.2 Å². The van der Waals surface area contributed by atoms with Crippen LogP contribution in [0.4, 0.5) is 0 Å². The fourth-order valence-corrected chi connectivity index (χ4v) is 5.13. The van der Waals surface area contributed by atoms with E-state index in [1.165, 1.54) is 49.7 Å². The molecule has 0 bridgehead atoms. The number of amides is 1. The Morgan fingerprint density at radius 3 is 2.57 bits per heavy atom. The molecule has 2 aliphatic rings. The van der Waals surface area contributed by atoms with Gasteiger partial charge in [-0.15, -0.1) is 0 Å². The molecule has 0 N–H and O–H groups in total. The number of likely N-dealkylation sites (tertiary alicyclic amines) is 1. The molecule has 5 nitrogen and oxygen atoms in total. The summed E-state index contributed by atoms with van der Waals surface area (Å²) in [6.45, 7) is 6.96. The van der Waals surface area contributed by atoms with Crippen molar-refractivity contribution in [2.45, 2.75) is 64.5 Å². The van der Waals surface area contributed by atoms with Crippen LogP contribution in [0.2, 0.25) is 0 Å². The normalized spacial score (nSPS) is 18.7. The van der Waals surface area contributed by atoms with Gasteiger partial charge in [0, 0.05) is 31.5 Å². The summed E-state index contributed by atoms with van der Waals surface area (Å²) in [5.74, 6) is 0.870. The van der Waals surface area contributed by atoms with Crippen LogP contribution in [-0.2, 0) is 17.8 Å². The number of aromatic nitrogens is 2. The van der Waals surface area contributed by atoms with E-state index < -0.39 is 0 Å². The predicted octanol–water partition coefficient (Wildman–Crippen LogP) is 3.92. The van der Waals surface area contributed by atoms with Crippen LogP contribution in [0.25, 0.3) is 0 Å². The van der Waals surface area contributed by atoms with Gasteiger partial charge in [-0.3, -0.25) is 9.48 Å². The second kappa shape index (κ2) is 10.3. The summed E-state index contributed by atoms with van der Waals surface area (Å²) >= 11 is 0. The van der Waals surface area contributed by atoms with E-state index in [-0.39, 0.29) is 5.91 Å². The van der Waals surface area contributed by atoms with Gasteiger partial charge in [0.2, 0.25) is 5.91 Å². The predicted molar refractivity (Wildman–Crippen MR) is 120 cm³/mol. The van der Waals surface area contributed by atoms with Crippen LogP contribution in [0.5, 0.6) is 0 Å². The molecule has 1 aromatic carbocycles. The summed E-state index contributed by atoms with van der Waals surface area (Å²) in [6, 6.07) is 11.1. The van der Waals surface area contributed by atoms with Crippen LogP contribution in [0.1, 0.15) is 49.7 Å². The number of piperidine rings is 1. The van der Waals surface area contributed by atoms with Crippen LogP contribution in [0, 0.1) is 12.8 Å². The van der Waals surface area contributed by atoms with Gasteiger partial charge in [-0.1, -0.05) is 37.1 Å². The minimum atomic E-state index is 0.243. The highest BCUT2D eigenvalue weighted by molar-refractivity contribution is 5.76. The second-order valence-electron chi connectivity index (χ2n) is 9.15. The largest absolute Gasteiger partial charge is 0.338 e. The van der Waals surface area contributed by atoms with Crippen LogP contribution < -0.4 is 0 Å². The van der Waals surface area contributed by atoms with Crippen molar-refractivity contribution in [1.29, 1.82) is 0 Å². The molecule has 2 fully saturated rings. The highest BCUT2D eigenvalue weighted by Crippen LogP contribution is 2.27. The first kappa shape index (κ1) is 21.1. The summed E-state index contributed by atoms with van der Waals surface area (Å²) in [7, 11) is 0. The fraction of sp³-hybridized carbons (Fsp3) is 0.600. The number of nitrogens with zero attached hydrogens (tertiary/aromatic N) is 4. The second-order valence-corrected chi connectivity index (χ2v) is 9.15. The quantitative estimate of drug-likeness (QED) is 0.665. The SMILES string of the molecule is Cc1ccccc1CCN1CCC(CN(C(=O)Cn2cccn2)C2CCCC2)CC1. The molecule has 1 saturated carbocycles. The van der Waals surface area contributed by atoms with Gasteiger partial charge in [0.15, 0.2) is 0 Å². The Labute approximate surface area is 181 Å². The Hall–Kier alpha value is -2.14. The molecule has 0 unspecified atom stereocenters. The van der Waals surface area contributed by atoms with Crippen molar-refractivity contribution in [2.24, 2.45) is 5.92 Å². The number of benzene rings is 1. The number of rotatable bonds is 8. The number of aryl methyl sites for hydroxylation is 1. The molecular weight excluding hydrogens is 372 g/mol. The van der Waals surface area contributed by atoms with Crippen molar-refractivity contribution in [3.63, 3.8) is 0 Å². The maximum atomic E-state index is 13.1. The number of hydrogen-bond donors (Lipinski definition) is 0. The summed E-state index contributed by atoms with van der Waals surface area (Å²) in [4.78, 5) is 17.9. The van der Waals surface area contributed by atoms with Crippen molar-refractivity contribution in [3.8, 4) is 0 Å². The third kappa shape index (κ3) is 5.51. The molecule has 1 saturated heterocycles. The van der Waals surface area contributed by atoms with Gasteiger partial charge in [-0.2, -0.15) is 5.10 Å². The molecule has 0 spiro atoms. The Bertz CT molecular complexity index is 789. The molecule has 30 heavy (non-hydrogen) atoms. The molecule has 5 heteroatoms. The standard InChI is InChI=1S/C25H36N4O/c1-21-7-2-3-8-23(21)13-18-27-16-11-22(12-17-27)19-29(24-9-4-5-10-24)25(30)20-28-15-6-14-26-28/h2-3,6-8,14-15,22,24H,4-5,9-13,16-20H2,1H3. The minimum absolute atomic E-state index is 0.243. The maximum Gasteiger partial charge on any atom is 0.244 e. The van der Waals surface area contributed by atoms with E-state index >= 15 is 0 Å². The monoisotopic (exact) mass is 408 g/mol. The zero-order valence-electron chi connectivity index (χ0n) is 18.4. The molecule has 1 aliphatic heterocycles. The Morgan fingerprint density at radius 1 is 1.10 bits per heavy atom. The topological polar surface area (TPSA) is 41.4 Å². The summed E-state index contributed by atoms with van der Waals surface area (Å²) in [6.07, 6.45) is 12.0. The van der Waals surface area contributed by atoms with E-state index in [0.717, 1.165) is 32.6 Å². The van der Waals surface area contributed by atoms with Crippen molar-refractivity contribution in [1.82, 2.24) is 19.6 Å². The number of carbonyl (C=O) groups excluding carboxylic acids is 1. The highest BCUT2D eigenvalue weighted by Gasteiger charge is 2.30. The molecule has 1 amide bonds. The lowest BCUT2D eigenvalue weighted by atomic mass is 9.94. The molecule has 4 rings (SSSR count). The summed E-state index contributed by atoms with van der Waals surface area (Å²) < 4.78 is 1.76. The van der Waals surface area contributed by atoms with E-state index in [1.807, 2.05) is 12.3 Å². The van der Waals surface area contributed by atoms with E-state index in [4.69, 9.17) is 0 Å². The average Bonchev–Trinajstić information content (AvgIpc) is 3.47. The minimum Gasteiger partial charge on any atom is -0.338 e. The zero-order chi connectivity index (χ0) is 20.8. The molecule has 0 radical (unpaired) electrons. The third-order valence-corrected chi connectivity index (χ3v) is 7.06. The highest BCUT2D eigenvalue weighted by atomic mass is 16.2. The van der Waals surface area contributed by atoms with Gasteiger partial charge in [-0.25, -0.2) is 0 Å². The van der Waals surface area contributed by atoms with Crippen LogP contribution in [0.3, 0.4) is 0 Å². The van der Waals surface area contributed by atoms with E-state index in [1.54, 1.807) is 10.9 Å². The number of carbonyl (C=O) groups is 1. The van der Waals surface area contributed by atoms with Crippen molar-refractivity contribution < 1.29 is 4.79 Å². The lowest BCUT2D eigenvalue weighted by molar-refractivity contribution is -0.135. The van der Waals surface area contributed by atoms with Crippen LogP contribution >= 0.6 is 0 Å². The van der Waals surface area contributed by atoms with Gasteiger partial charge in [-0.05, 0) is 75.2 Å². The van der Waals surface area contributed by atoms with Crippen molar-refractivity contribution >= 4 is 5.91 Å². The first-order valence-electron chi connectivity index (χ1n) is 11.7. The number of hydrogen-bond acceptors (Lipinski definition) is 3. The molecule has 1 aromatic heterocycles. The smallest absolute Gasteiger partial charge is 0.244 e. The zero-order valence-corrected chi connectivity index (χ0v) is 18.4. The maximum absolute atomic E-state index is 13.1. The average molecular weight is 409 g/mol. The molecule has 1 aliphatic carbocycles. The third-order valence-electron chi connectivity index (χ3n) is 7.06. The molecule has 0 atom stereocenters. The Kier molecular flexibility index (Phi) is 7.21. The first-order chi connectivity index (χ1) is 14.7. The van der Waals surface area contributed by atoms with Gasteiger partial charge >= 0.3 is 0 Å². The van der Waals surface area contributed by atoms with Gasteiger partial charge in [0.1, 0.15) is 6.54 Å². The first-order valence-corrected chi connectivity index (χ1v) is 11.7. The molecule has 2 heterocycles. The fourth-order valence-electron chi connectivity index (χ4n) is 5.13. The summed E-state index contributed by atoms with van der Waals surface area (Å²) in [5.41, 5.74) is 2.87. The molecular formula is C25H36N4O. The lowest BCUT2D eigenvalue weighted by Crippen LogP contribution is -2.46. The van der Waals surface area contributed by atoms with Crippen molar-refractivity contribution in [3.05, 3.63) is 53.9 Å². The van der Waals surface area contributed by atoms with E-state index in [0.29, 0.717) is 18.5 Å². The van der Waals surface area contributed by atoms with Crippen LogP contribution in [0.15, 0.2) is 42.7 Å². The Balaban J connectivity index is 1.28. The molecule has 162 valence electrons. The van der Waals surface area contributed by atoms with Gasteiger partial charge in [0.25, 0.3) is 0 Å². The summed E-state index contributed by atoms with van der Waals surface area (Å²) in [5, 5.41) is 4.24.